The maximum absolute atomic E-state index is 12.8. The average Bonchev–Trinajstić information content (AvgIpc) is 3.11. The number of carbonyl (C=O) groups excluding carboxylic acids is 2. The third-order valence-corrected chi connectivity index (χ3v) is 5.21. The maximum atomic E-state index is 12.8. The minimum atomic E-state index is -0.923. The standard InChI is InChI=1S/C23H28ClNO6/c1-12(2)9-17(25-22(28)31-23(3,4)5)21(27)30-19-11-18-15(10-16(19)24)13-7-6-8-14(13)20(26)29-18/h10-12,17H,6-9H2,1-5H3,(H,25,28). The van der Waals surface area contributed by atoms with Gasteiger partial charge in [-0.2, -0.15) is 0 Å². The summed E-state index contributed by atoms with van der Waals surface area (Å²) in [6.07, 6.45) is 2.01. The number of halogens is 1. The molecule has 1 unspecified atom stereocenters. The number of amides is 1. The molecule has 1 heterocycles. The molecule has 0 aliphatic heterocycles. The van der Waals surface area contributed by atoms with Crippen molar-refractivity contribution in [1.29, 1.82) is 0 Å². The molecule has 3 rings (SSSR count). The fraction of sp³-hybridized carbons (Fsp3) is 0.522. The Bertz CT molecular complexity index is 1070. The molecule has 1 aromatic heterocycles. The number of ether oxygens (including phenoxy) is 2. The average molecular weight is 450 g/mol. The van der Waals surface area contributed by atoms with Gasteiger partial charge in [0.2, 0.25) is 0 Å². The van der Waals surface area contributed by atoms with E-state index >= 15 is 0 Å². The summed E-state index contributed by atoms with van der Waals surface area (Å²) in [6.45, 7) is 9.07. The number of fused-ring (bicyclic) bond motifs is 3. The summed E-state index contributed by atoms with van der Waals surface area (Å²) in [5.41, 5.74) is 0.875. The van der Waals surface area contributed by atoms with E-state index < -0.39 is 23.7 Å². The molecule has 2 aromatic rings. The predicted octanol–water partition coefficient (Wildman–Crippen LogP) is 4.78. The van der Waals surface area contributed by atoms with E-state index in [1.807, 2.05) is 13.8 Å². The SMILES string of the molecule is CC(C)CC(NC(=O)OC(C)(C)C)C(=O)Oc1cc2oc(=O)c3c(c2cc1Cl)CCC3. The summed E-state index contributed by atoms with van der Waals surface area (Å²) in [6, 6.07) is 2.19. The van der Waals surface area contributed by atoms with Crippen molar-refractivity contribution in [1.82, 2.24) is 5.32 Å². The molecule has 0 saturated heterocycles. The van der Waals surface area contributed by atoms with Crippen molar-refractivity contribution in [2.45, 2.75) is 71.9 Å². The lowest BCUT2D eigenvalue weighted by atomic mass is 10.0. The van der Waals surface area contributed by atoms with Crippen LogP contribution in [0, 0.1) is 5.92 Å². The van der Waals surface area contributed by atoms with E-state index in [0.29, 0.717) is 24.0 Å². The monoisotopic (exact) mass is 449 g/mol. The Morgan fingerprint density at radius 3 is 2.52 bits per heavy atom. The first-order valence-electron chi connectivity index (χ1n) is 10.4. The largest absolute Gasteiger partial charge is 0.444 e. The first kappa shape index (κ1) is 23.1. The molecule has 7 nitrogen and oxygen atoms in total. The summed E-state index contributed by atoms with van der Waals surface area (Å²) < 4.78 is 16.2. The first-order chi connectivity index (χ1) is 14.4. The summed E-state index contributed by atoms with van der Waals surface area (Å²) in [5.74, 6) is -0.496. The molecule has 8 heteroatoms. The van der Waals surface area contributed by atoms with Gasteiger partial charge in [-0.05, 0) is 64.0 Å². The van der Waals surface area contributed by atoms with Crippen LogP contribution < -0.4 is 15.7 Å². The van der Waals surface area contributed by atoms with Gasteiger partial charge in [-0.15, -0.1) is 0 Å². The predicted molar refractivity (Wildman–Crippen MR) is 118 cm³/mol. The highest BCUT2D eigenvalue weighted by Crippen LogP contribution is 2.35. The highest BCUT2D eigenvalue weighted by Gasteiger charge is 2.28. The van der Waals surface area contributed by atoms with Crippen molar-refractivity contribution >= 4 is 34.6 Å². The fourth-order valence-corrected chi connectivity index (χ4v) is 3.88. The van der Waals surface area contributed by atoms with E-state index in [1.165, 1.54) is 6.07 Å². The van der Waals surface area contributed by atoms with Crippen LogP contribution >= 0.6 is 11.6 Å². The lowest BCUT2D eigenvalue weighted by Gasteiger charge is -2.23. The van der Waals surface area contributed by atoms with Gasteiger partial charge in [-0.3, -0.25) is 0 Å². The third kappa shape index (κ3) is 5.58. The lowest BCUT2D eigenvalue weighted by Crippen LogP contribution is -2.45. The van der Waals surface area contributed by atoms with Gasteiger partial charge in [0.25, 0.3) is 0 Å². The Morgan fingerprint density at radius 2 is 1.87 bits per heavy atom. The van der Waals surface area contributed by atoms with E-state index in [2.05, 4.69) is 5.32 Å². The number of alkyl carbamates (subject to hydrolysis) is 1. The van der Waals surface area contributed by atoms with Crippen molar-refractivity contribution < 1.29 is 23.5 Å². The Labute approximate surface area is 186 Å². The topological polar surface area (TPSA) is 94.8 Å². The van der Waals surface area contributed by atoms with Crippen LogP contribution in [0.25, 0.3) is 11.0 Å². The molecule has 0 spiro atoms. The molecule has 1 atom stereocenters. The number of benzene rings is 1. The maximum Gasteiger partial charge on any atom is 0.408 e. The van der Waals surface area contributed by atoms with Crippen LogP contribution in [0.2, 0.25) is 5.02 Å². The van der Waals surface area contributed by atoms with E-state index in [0.717, 1.165) is 23.8 Å². The number of hydrogen-bond acceptors (Lipinski definition) is 6. The van der Waals surface area contributed by atoms with Gasteiger partial charge in [-0.1, -0.05) is 25.4 Å². The van der Waals surface area contributed by atoms with E-state index in [9.17, 15) is 14.4 Å². The van der Waals surface area contributed by atoms with E-state index in [-0.39, 0.29) is 22.3 Å². The minimum Gasteiger partial charge on any atom is -0.444 e. The molecule has 1 amide bonds. The fourth-order valence-electron chi connectivity index (χ4n) is 3.68. The molecule has 31 heavy (non-hydrogen) atoms. The Morgan fingerprint density at radius 1 is 1.19 bits per heavy atom. The van der Waals surface area contributed by atoms with Crippen LogP contribution in [0.1, 0.15) is 58.6 Å². The van der Waals surface area contributed by atoms with E-state index in [4.69, 9.17) is 25.5 Å². The highest BCUT2D eigenvalue weighted by molar-refractivity contribution is 6.33. The molecule has 1 N–H and O–H groups in total. The van der Waals surface area contributed by atoms with Crippen LogP contribution in [-0.2, 0) is 22.4 Å². The normalized spacial score (nSPS) is 14.4. The van der Waals surface area contributed by atoms with Gasteiger partial charge >= 0.3 is 17.7 Å². The molecule has 0 saturated carbocycles. The van der Waals surface area contributed by atoms with Crippen LogP contribution in [-0.4, -0.2) is 23.7 Å². The smallest absolute Gasteiger partial charge is 0.408 e. The second kappa shape index (κ2) is 8.91. The lowest BCUT2D eigenvalue weighted by molar-refractivity contribution is -0.137. The van der Waals surface area contributed by atoms with Gasteiger partial charge in [0, 0.05) is 17.0 Å². The zero-order chi connectivity index (χ0) is 22.9. The number of hydrogen-bond donors (Lipinski definition) is 1. The summed E-state index contributed by atoms with van der Waals surface area (Å²) in [4.78, 5) is 37.3. The number of esters is 1. The second-order valence-corrected chi connectivity index (χ2v) is 9.64. The van der Waals surface area contributed by atoms with Crippen LogP contribution in [0.4, 0.5) is 4.79 Å². The second-order valence-electron chi connectivity index (χ2n) is 9.23. The van der Waals surface area contributed by atoms with Crippen molar-refractivity contribution in [3.8, 4) is 5.75 Å². The van der Waals surface area contributed by atoms with Crippen molar-refractivity contribution in [3.05, 3.63) is 38.7 Å². The van der Waals surface area contributed by atoms with Gasteiger partial charge in [0.1, 0.15) is 17.2 Å². The number of nitrogens with one attached hydrogen (secondary N) is 1. The summed E-state index contributed by atoms with van der Waals surface area (Å²) >= 11 is 6.38. The first-order valence-corrected chi connectivity index (χ1v) is 10.8. The molecular weight excluding hydrogens is 422 g/mol. The van der Waals surface area contributed by atoms with Crippen LogP contribution in [0.3, 0.4) is 0 Å². The van der Waals surface area contributed by atoms with Gasteiger partial charge in [-0.25, -0.2) is 14.4 Å². The molecule has 0 radical (unpaired) electrons. The number of aryl methyl sites for hydroxylation is 1. The highest BCUT2D eigenvalue weighted by atomic mass is 35.5. The van der Waals surface area contributed by atoms with Crippen molar-refractivity contribution in [2.24, 2.45) is 5.92 Å². The zero-order valence-corrected chi connectivity index (χ0v) is 19.2. The van der Waals surface area contributed by atoms with Crippen molar-refractivity contribution in [2.75, 3.05) is 0 Å². The molecule has 1 aliphatic carbocycles. The minimum absolute atomic E-state index is 0.0695. The van der Waals surface area contributed by atoms with Gasteiger partial charge in [0.15, 0.2) is 5.75 Å². The molecule has 168 valence electrons. The van der Waals surface area contributed by atoms with Gasteiger partial charge in [0.05, 0.1) is 5.02 Å². The Kier molecular flexibility index (Phi) is 6.65. The molecular formula is C23H28ClNO6. The number of carbonyl (C=O) groups is 2. The van der Waals surface area contributed by atoms with E-state index in [1.54, 1.807) is 26.8 Å². The summed E-state index contributed by atoms with van der Waals surface area (Å²) in [5, 5.41) is 3.55. The third-order valence-electron chi connectivity index (χ3n) is 4.92. The van der Waals surface area contributed by atoms with Crippen LogP contribution in [0.15, 0.2) is 21.3 Å². The molecule has 1 aliphatic rings. The molecule has 0 fully saturated rings. The van der Waals surface area contributed by atoms with Crippen LogP contribution in [0.5, 0.6) is 5.75 Å². The molecule has 0 bridgehead atoms. The van der Waals surface area contributed by atoms with Gasteiger partial charge < -0.3 is 19.2 Å². The Balaban J connectivity index is 1.85. The molecule has 1 aromatic carbocycles. The zero-order valence-electron chi connectivity index (χ0n) is 18.5. The number of rotatable bonds is 5. The quantitative estimate of drug-likeness (QED) is 0.401. The summed E-state index contributed by atoms with van der Waals surface area (Å²) in [7, 11) is 0. The van der Waals surface area contributed by atoms with Crippen molar-refractivity contribution in [3.63, 3.8) is 0 Å². The Hall–Kier alpha value is -2.54.